The highest BCUT2D eigenvalue weighted by atomic mass is 35.5. The Labute approximate surface area is 107 Å². The summed E-state index contributed by atoms with van der Waals surface area (Å²) in [6.45, 7) is 1.44. The summed E-state index contributed by atoms with van der Waals surface area (Å²) < 4.78 is 4.93. The zero-order valence-corrected chi connectivity index (χ0v) is 10.8. The second kappa shape index (κ2) is 8.09. The topological polar surface area (TPSA) is 38.3 Å². The molecule has 94 valence electrons. The van der Waals surface area contributed by atoms with E-state index in [4.69, 9.17) is 16.3 Å². The molecule has 0 aliphatic heterocycles. The summed E-state index contributed by atoms with van der Waals surface area (Å²) >= 11 is 5.84. The van der Waals surface area contributed by atoms with Gasteiger partial charge in [0.15, 0.2) is 0 Å². The fourth-order valence-corrected chi connectivity index (χ4v) is 1.71. The van der Waals surface area contributed by atoms with Gasteiger partial charge in [-0.15, -0.1) is 0 Å². The molecule has 0 aliphatic rings. The van der Waals surface area contributed by atoms with Gasteiger partial charge in [-0.1, -0.05) is 23.7 Å². The minimum atomic E-state index is 0.0321. The quantitative estimate of drug-likeness (QED) is 0.760. The molecular weight excluding hydrogens is 238 g/mol. The van der Waals surface area contributed by atoms with E-state index in [9.17, 15) is 4.79 Å². The summed E-state index contributed by atoms with van der Waals surface area (Å²) in [5, 5.41) is 3.53. The van der Waals surface area contributed by atoms with Crippen LogP contribution < -0.4 is 5.32 Å². The molecule has 3 nitrogen and oxygen atoms in total. The van der Waals surface area contributed by atoms with Crippen molar-refractivity contribution >= 4 is 17.5 Å². The molecule has 0 spiro atoms. The maximum Gasteiger partial charge on any atom is 0.224 e. The average Bonchev–Trinajstić information content (AvgIpc) is 2.29. The Morgan fingerprint density at radius 1 is 1.41 bits per heavy atom. The number of methoxy groups -OCH3 is 1. The van der Waals surface area contributed by atoms with Gasteiger partial charge in [0.25, 0.3) is 0 Å². The largest absolute Gasteiger partial charge is 0.385 e. The summed E-state index contributed by atoms with van der Waals surface area (Å²) in [6.07, 6.45) is 2.29. The van der Waals surface area contributed by atoms with E-state index in [0.717, 1.165) is 25.0 Å². The van der Waals surface area contributed by atoms with E-state index < -0.39 is 0 Å². The second-order valence-corrected chi connectivity index (χ2v) is 4.29. The van der Waals surface area contributed by atoms with Crippen molar-refractivity contribution in [3.8, 4) is 0 Å². The molecule has 0 atom stereocenters. The van der Waals surface area contributed by atoms with Crippen molar-refractivity contribution in [1.29, 1.82) is 0 Å². The van der Waals surface area contributed by atoms with E-state index in [0.29, 0.717) is 18.0 Å². The van der Waals surface area contributed by atoms with Crippen LogP contribution in [0.2, 0.25) is 5.02 Å². The Bertz CT molecular complexity index is 355. The average molecular weight is 256 g/mol. The molecule has 0 bridgehead atoms. The molecule has 0 radical (unpaired) electrons. The summed E-state index contributed by atoms with van der Waals surface area (Å²) in [4.78, 5) is 11.6. The molecule has 1 aromatic rings. The van der Waals surface area contributed by atoms with Crippen LogP contribution in [0.3, 0.4) is 0 Å². The van der Waals surface area contributed by atoms with Gasteiger partial charge in [0.2, 0.25) is 5.91 Å². The van der Waals surface area contributed by atoms with Crippen LogP contribution in [0.1, 0.15) is 18.4 Å². The van der Waals surface area contributed by atoms with Crippen LogP contribution in [0.15, 0.2) is 24.3 Å². The third-order valence-electron chi connectivity index (χ3n) is 2.35. The van der Waals surface area contributed by atoms with Crippen LogP contribution in [-0.2, 0) is 16.0 Å². The Morgan fingerprint density at radius 2 is 2.24 bits per heavy atom. The number of carbonyl (C=O) groups excluding carboxylic acids is 1. The zero-order chi connectivity index (χ0) is 12.5. The van der Waals surface area contributed by atoms with Crippen LogP contribution >= 0.6 is 11.6 Å². The number of hydrogen-bond donors (Lipinski definition) is 1. The Morgan fingerprint density at radius 3 is 2.94 bits per heavy atom. The normalized spacial score (nSPS) is 10.2. The molecule has 1 N–H and O–H groups in total. The first-order chi connectivity index (χ1) is 8.22. The standard InChI is InChI=1S/C13H18ClNO2/c1-17-8-3-2-7-15-13(16)10-11-5-4-6-12(14)9-11/h4-6,9H,2-3,7-8,10H2,1H3,(H,15,16). The van der Waals surface area contributed by atoms with Crippen molar-refractivity contribution in [1.82, 2.24) is 5.32 Å². The number of ether oxygens (including phenoxy) is 1. The minimum Gasteiger partial charge on any atom is -0.385 e. The van der Waals surface area contributed by atoms with Crippen LogP contribution in [0, 0.1) is 0 Å². The second-order valence-electron chi connectivity index (χ2n) is 3.86. The maximum absolute atomic E-state index is 11.6. The smallest absolute Gasteiger partial charge is 0.224 e. The van der Waals surface area contributed by atoms with Crippen molar-refractivity contribution in [3.63, 3.8) is 0 Å². The third kappa shape index (κ3) is 6.29. The van der Waals surface area contributed by atoms with E-state index in [1.807, 2.05) is 18.2 Å². The lowest BCUT2D eigenvalue weighted by molar-refractivity contribution is -0.120. The number of benzene rings is 1. The number of halogens is 1. The fraction of sp³-hybridized carbons (Fsp3) is 0.462. The minimum absolute atomic E-state index is 0.0321. The molecule has 1 rings (SSSR count). The Kier molecular flexibility index (Phi) is 6.67. The molecule has 0 unspecified atom stereocenters. The number of carbonyl (C=O) groups is 1. The van der Waals surface area contributed by atoms with Gasteiger partial charge in [-0.05, 0) is 30.5 Å². The van der Waals surface area contributed by atoms with Gasteiger partial charge in [-0.25, -0.2) is 0 Å². The van der Waals surface area contributed by atoms with E-state index in [-0.39, 0.29) is 5.91 Å². The molecule has 0 aromatic heterocycles. The molecule has 0 fully saturated rings. The van der Waals surface area contributed by atoms with Crippen LogP contribution in [0.25, 0.3) is 0 Å². The van der Waals surface area contributed by atoms with Crippen molar-refractivity contribution in [2.45, 2.75) is 19.3 Å². The van der Waals surface area contributed by atoms with Gasteiger partial charge in [0.05, 0.1) is 6.42 Å². The molecule has 0 saturated heterocycles. The maximum atomic E-state index is 11.6. The first-order valence-electron chi connectivity index (χ1n) is 5.72. The third-order valence-corrected chi connectivity index (χ3v) is 2.59. The summed E-state index contributed by atoms with van der Waals surface area (Å²) in [5.41, 5.74) is 0.937. The van der Waals surface area contributed by atoms with Crippen molar-refractivity contribution in [3.05, 3.63) is 34.9 Å². The van der Waals surface area contributed by atoms with E-state index in [1.165, 1.54) is 0 Å². The Hall–Kier alpha value is -1.06. The Balaban J connectivity index is 2.21. The van der Waals surface area contributed by atoms with E-state index >= 15 is 0 Å². The summed E-state index contributed by atoms with van der Waals surface area (Å²) in [7, 11) is 1.68. The van der Waals surface area contributed by atoms with Gasteiger partial charge in [-0.3, -0.25) is 4.79 Å². The molecular formula is C13H18ClNO2. The van der Waals surface area contributed by atoms with Crippen LogP contribution in [0.5, 0.6) is 0 Å². The number of rotatable bonds is 7. The lowest BCUT2D eigenvalue weighted by atomic mass is 10.1. The summed E-state index contributed by atoms with van der Waals surface area (Å²) in [5.74, 6) is 0.0321. The number of unbranched alkanes of at least 4 members (excludes halogenated alkanes) is 1. The monoisotopic (exact) mass is 255 g/mol. The fourth-order valence-electron chi connectivity index (χ4n) is 1.49. The van der Waals surface area contributed by atoms with Crippen LogP contribution in [0.4, 0.5) is 0 Å². The van der Waals surface area contributed by atoms with Gasteiger partial charge >= 0.3 is 0 Å². The predicted molar refractivity (Wildman–Crippen MR) is 69.3 cm³/mol. The molecule has 0 heterocycles. The SMILES string of the molecule is COCCCCNC(=O)Cc1cccc(Cl)c1. The molecule has 1 amide bonds. The first kappa shape index (κ1) is 14.0. The van der Waals surface area contributed by atoms with Gasteiger partial charge in [0, 0.05) is 25.3 Å². The molecule has 0 aliphatic carbocycles. The highest BCUT2D eigenvalue weighted by molar-refractivity contribution is 6.30. The van der Waals surface area contributed by atoms with Crippen molar-refractivity contribution in [2.24, 2.45) is 0 Å². The number of hydrogen-bond acceptors (Lipinski definition) is 2. The molecule has 17 heavy (non-hydrogen) atoms. The zero-order valence-electron chi connectivity index (χ0n) is 10.0. The van der Waals surface area contributed by atoms with E-state index in [2.05, 4.69) is 5.32 Å². The highest BCUT2D eigenvalue weighted by Gasteiger charge is 2.02. The van der Waals surface area contributed by atoms with E-state index in [1.54, 1.807) is 13.2 Å². The molecule has 1 aromatic carbocycles. The first-order valence-corrected chi connectivity index (χ1v) is 6.10. The van der Waals surface area contributed by atoms with Gasteiger partial charge < -0.3 is 10.1 Å². The number of amides is 1. The highest BCUT2D eigenvalue weighted by Crippen LogP contribution is 2.10. The molecule has 4 heteroatoms. The number of nitrogens with one attached hydrogen (secondary N) is 1. The van der Waals surface area contributed by atoms with Crippen molar-refractivity contribution in [2.75, 3.05) is 20.3 Å². The van der Waals surface area contributed by atoms with Gasteiger partial charge in [0.1, 0.15) is 0 Å². The lowest BCUT2D eigenvalue weighted by Gasteiger charge is -2.05. The summed E-state index contributed by atoms with van der Waals surface area (Å²) in [6, 6.07) is 7.36. The predicted octanol–water partition coefficient (Wildman–Crippen LogP) is 2.43. The van der Waals surface area contributed by atoms with Gasteiger partial charge in [-0.2, -0.15) is 0 Å². The lowest BCUT2D eigenvalue weighted by Crippen LogP contribution is -2.26. The molecule has 0 saturated carbocycles. The van der Waals surface area contributed by atoms with Crippen molar-refractivity contribution < 1.29 is 9.53 Å². The van der Waals surface area contributed by atoms with Crippen LogP contribution in [-0.4, -0.2) is 26.2 Å².